The van der Waals surface area contributed by atoms with E-state index >= 15 is 0 Å². The lowest BCUT2D eigenvalue weighted by Gasteiger charge is -2.30. The van der Waals surface area contributed by atoms with Gasteiger partial charge in [-0.1, -0.05) is 0 Å². The van der Waals surface area contributed by atoms with Gasteiger partial charge in [-0.3, -0.25) is 19.4 Å². The molecule has 1 fully saturated rings. The zero-order valence-electron chi connectivity index (χ0n) is 11.7. The average molecular weight is 295 g/mol. The highest BCUT2D eigenvalue weighted by Crippen LogP contribution is 2.19. The molecule has 0 atom stereocenters. The molecule has 1 aromatic rings. The number of aromatic nitrogens is 2. The number of H-pyrrole nitrogens is 2. The quantitative estimate of drug-likeness (QED) is 0.729. The fourth-order valence-electron chi connectivity index (χ4n) is 2.33. The zero-order valence-corrected chi connectivity index (χ0v) is 11.7. The van der Waals surface area contributed by atoms with Crippen LogP contribution in [0, 0.1) is 5.92 Å². The molecular formula is C13H17N3O5. The molecule has 0 bridgehead atoms. The van der Waals surface area contributed by atoms with E-state index < -0.39 is 17.2 Å². The summed E-state index contributed by atoms with van der Waals surface area (Å²) < 4.78 is 4.96. The van der Waals surface area contributed by atoms with E-state index in [0.29, 0.717) is 32.5 Å². The summed E-state index contributed by atoms with van der Waals surface area (Å²) in [6.07, 6.45) is 1.02. The predicted molar refractivity (Wildman–Crippen MR) is 72.9 cm³/mol. The molecule has 8 nitrogen and oxygen atoms in total. The number of nitrogens with zero attached hydrogens (tertiary/aromatic N) is 1. The second kappa shape index (κ2) is 6.38. The molecule has 2 rings (SSSR count). The fourth-order valence-corrected chi connectivity index (χ4v) is 2.33. The first-order valence-corrected chi connectivity index (χ1v) is 6.80. The standard InChI is InChI=1S/C13H17N3O5/c1-2-21-12(19)8-3-5-16(6-4-8)11(18)9-7-10(17)15-13(20)14-9/h7-8H,2-6H2,1H3,(H2,14,15,17,20). The van der Waals surface area contributed by atoms with Gasteiger partial charge in [0, 0.05) is 19.2 Å². The number of amides is 1. The summed E-state index contributed by atoms with van der Waals surface area (Å²) in [6, 6.07) is 1.06. The van der Waals surface area contributed by atoms with Crippen LogP contribution in [0.4, 0.5) is 0 Å². The van der Waals surface area contributed by atoms with Crippen LogP contribution < -0.4 is 11.2 Å². The molecule has 0 saturated carbocycles. The molecule has 1 aliphatic heterocycles. The second-order valence-electron chi connectivity index (χ2n) is 4.82. The number of aromatic amines is 2. The molecule has 0 unspecified atom stereocenters. The number of carbonyl (C=O) groups is 2. The first-order chi connectivity index (χ1) is 10.0. The molecule has 0 aliphatic carbocycles. The molecule has 1 aliphatic rings. The van der Waals surface area contributed by atoms with Crippen molar-refractivity contribution in [1.82, 2.24) is 14.9 Å². The lowest BCUT2D eigenvalue weighted by molar-refractivity contribution is -0.149. The number of nitrogens with one attached hydrogen (secondary N) is 2. The molecule has 1 aromatic heterocycles. The van der Waals surface area contributed by atoms with Crippen molar-refractivity contribution in [3.05, 3.63) is 32.6 Å². The van der Waals surface area contributed by atoms with Crippen molar-refractivity contribution in [1.29, 1.82) is 0 Å². The monoisotopic (exact) mass is 295 g/mol. The van der Waals surface area contributed by atoms with Crippen LogP contribution >= 0.6 is 0 Å². The van der Waals surface area contributed by atoms with Crippen molar-refractivity contribution < 1.29 is 14.3 Å². The van der Waals surface area contributed by atoms with Crippen molar-refractivity contribution in [3.63, 3.8) is 0 Å². The summed E-state index contributed by atoms with van der Waals surface area (Å²) in [5.41, 5.74) is -1.38. The number of hydrogen-bond acceptors (Lipinski definition) is 5. The maximum Gasteiger partial charge on any atom is 0.326 e. The highest BCUT2D eigenvalue weighted by Gasteiger charge is 2.29. The van der Waals surface area contributed by atoms with E-state index in [9.17, 15) is 19.2 Å². The van der Waals surface area contributed by atoms with E-state index in [0.717, 1.165) is 6.07 Å². The van der Waals surface area contributed by atoms with Crippen molar-refractivity contribution in [3.8, 4) is 0 Å². The third kappa shape index (κ3) is 3.59. The Morgan fingerprint density at radius 1 is 1.29 bits per heavy atom. The van der Waals surface area contributed by atoms with Crippen LogP contribution in [0.15, 0.2) is 15.7 Å². The molecule has 114 valence electrons. The largest absolute Gasteiger partial charge is 0.466 e. The fraction of sp³-hybridized carbons (Fsp3) is 0.538. The van der Waals surface area contributed by atoms with E-state index in [2.05, 4.69) is 4.98 Å². The molecule has 0 spiro atoms. The minimum absolute atomic E-state index is 0.0432. The van der Waals surface area contributed by atoms with Gasteiger partial charge < -0.3 is 14.6 Å². The highest BCUT2D eigenvalue weighted by atomic mass is 16.5. The van der Waals surface area contributed by atoms with Gasteiger partial charge in [-0.2, -0.15) is 0 Å². The lowest BCUT2D eigenvalue weighted by Crippen LogP contribution is -2.42. The minimum Gasteiger partial charge on any atom is -0.466 e. The van der Waals surface area contributed by atoms with E-state index in [1.54, 1.807) is 6.92 Å². The Morgan fingerprint density at radius 2 is 1.95 bits per heavy atom. The summed E-state index contributed by atoms with van der Waals surface area (Å²) in [4.78, 5) is 52.0. The summed E-state index contributed by atoms with van der Waals surface area (Å²) in [6.45, 7) is 2.86. The minimum atomic E-state index is -0.716. The first-order valence-electron chi connectivity index (χ1n) is 6.80. The van der Waals surface area contributed by atoms with E-state index in [1.807, 2.05) is 4.98 Å². The van der Waals surface area contributed by atoms with Crippen molar-refractivity contribution in [2.75, 3.05) is 19.7 Å². The first kappa shape index (κ1) is 15.0. The Kier molecular flexibility index (Phi) is 4.56. The van der Waals surface area contributed by atoms with E-state index in [1.165, 1.54) is 4.90 Å². The number of esters is 1. The van der Waals surface area contributed by atoms with Crippen LogP contribution in [0.3, 0.4) is 0 Å². The van der Waals surface area contributed by atoms with Crippen molar-refractivity contribution in [2.45, 2.75) is 19.8 Å². The summed E-state index contributed by atoms with van der Waals surface area (Å²) >= 11 is 0. The Labute approximate surface area is 120 Å². The maximum absolute atomic E-state index is 12.2. The molecule has 0 aromatic carbocycles. The summed E-state index contributed by atoms with van der Waals surface area (Å²) in [5.74, 6) is -0.859. The third-order valence-corrected chi connectivity index (χ3v) is 3.39. The predicted octanol–water partition coefficient (Wildman–Crippen LogP) is -0.521. The van der Waals surface area contributed by atoms with Gasteiger partial charge in [0.15, 0.2) is 0 Å². The number of piperidine rings is 1. The Bertz CT molecular complexity index is 611. The molecule has 2 N–H and O–H groups in total. The molecule has 8 heteroatoms. The molecule has 1 saturated heterocycles. The van der Waals surface area contributed by atoms with Crippen molar-refractivity contribution >= 4 is 11.9 Å². The van der Waals surface area contributed by atoms with Gasteiger partial charge in [0.05, 0.1) is 12.5 Å². The van der Waals surface area contributed by atoms with Crippen LogP contribution in [0.25, 0.3) is 0 Å². The SMILES string of the molecule is CCOC(=O)C1CCN(C(=O)c2cc(=O)[nH]c(=O)[nH]2)CC1. The molecule has 2 heterocycles. The van der Waals surface area contributed by atoms with Gasteiger partial charge in [-0.25, -0.2) is 4.79 Å². The van der Waals surface area contributed by atoms with Crippen LogP contribution in [-0.2, 0) is 9.53 Å². The van der Waals surface area contributed by atoms with Crippen molar-refractivity contribution in [2.24, 2.45) is 5.92 Å². The zero-order chi connectivity index (χ0) is 15.4. The van der Waals surface area contributed by atoms with Gasteiger partial charge in [-0.05, 0) is 19.8 Å². The van der Waals surface area contributed by atoms with E-state index in [4.69, 9.17) is 4.74 Å². The molecule has 0 radical (unpaired) electrons. The molecular weight excluding hydrogens is 278 g/mol. The molecule has 1 amide bonds. The maximum atomic E-state index is 12.2. The molecule has 21 heavy (non-hydrogen) atoms. The van der Waals surface area contributed by atoms with Gasteiger partial charge >= 0.3 is 11.7 Å². The number of carbonyl (C=O) groups excluding carboxylic acids is 2. The smallest absolute Gasteiger partial charge is 0.326 e. The Balaban J connectivity index is 2.02. The Morgan fingerprint density at radius 3 is 2.52 bits per heavy atom. The van der Waals surface area contributed by atoms with Gasteiger partial charge in [0.1, 0.15) is 5.69 Å². The van der Waals surface area contributed by atoms with Crippen LogP contribution in [0.5, 0.6) is 0 Å². The van der Waals surface area contributed by atoms with Gasteiger partial charge in [-0.15, -0.1) is 0 Å². The summed E-state index contributed by atoms with van der Waals surface area (Å²) in [5, 5.41) is 0. The number of hydrogen-bond donors (Lipinski definition) is 2. The highest BCUT2D eigenvalue weighted by molar-refractivity contribution is 5.92. The Hall–Kier alpha value is -2.38. The van der Waals surface area contributed by atoms with Gasteiger partial charge in [0.2, 0.25) is 0 Å². The number of ether oxygens (including phenoxy) is 1. The normalized spacial score (nSPS) is 15.8. The van der Waals surface area contributed by atoms with Crippen LogP contribution in [0.2, 0.25) is 0 Å². The number of likely N-dealkylation sites (tertiary alicyclic amines) is 1. The van der Waals surface area contributed by atoms with Crippen LogP contribution in [0.1, 0.15) is 30.3 Å². The topological polar surface area (TPSA) is 112 Å². The average Bonchev–Trinajstić information content (AvgIpc) is 2.46. The number of rotatable bonds is 3. The second-order valence-corrected chi connectivity index (χ2v) is 4.82. The van der Waals surface area contributed by atoms with Gasteiger partial charge in [0.25, 0.3) is 11.5 Å². The third-order valence-electron chi connectivity index (χ3n) is 3.39. The van der Waals surface area contributed by atoms with E-state index in [-0.39, 0.29) is 17.6 Å². The van der Waals surface area contributed by atoms with Crippen LogP contribution in [-0.4, -0.2) is 46.4 Å². The summed E-state index contributed by atoms with van der Waals surface area (Å²) in [7, 11) is 0. The lowest BCUT2D eigenvalue weighted by atomic mass is 9.97.